The Balaban J connectivity index is 2.67. The van der Waals surface area contributed by atoms with Crippen molar-refractivity contribution in [2.75, 3.05) is 13.7 Å². The van der Waals surface area contributed by atoms with E-state index in [4.69, 9.17) is 4.74 Å². The van der Waals surface area contributed by atoms with Crippen molar-refractivity contribution < 1.29 is 9.53 Å². The molecule has 1 unspecified atom stereocenters. The number of pyridine rings is 1. The van der Waals surface area contributed by atoms with Gasteiger partial charge in [-0.3, -0.25) is 14.7 Å². The molecule has 0 radical (unpaired) electrons. The number of hydrogen-bond acceptors (Lipinski definition) is 4. The number of ether oxygens (including phenoxy) is 1. The fourth-order valence-electron chi connectivity index (χ4n) is 1.95. The minimum Gasteiger partial charge on any atom is -0.465 e. The number of likely N-dealkylation sites (N-methyl/N-ethyl adjacent to an activating group) is 1. The van der Waals surface area contributed by atoms with E-state index in [0.717, 1.165) is 17.8 Å². The van der Waals surface area contributed by atoms with Crippen LogP contribution in [0.3, 0.4) is 0 Å². The Kier molecular flexibility index (Phi) is 5.78. The van der Waals surface area contributed by atoms with Gasteiger partial charge in [-0.05, 0) is 39.4 Å². The van der Waals surface area contributed by atoms with Crippen molar-refractivity contribution in [1.82, 2.24) is 9.88 Å². The van der Waals surface area contributed by atoms with Gasteiger partial charge in [0.15, 0.2) is 0 Å². The topological polar surface area (TPSA) is 42.4 Å². The van der Waals surface area contributed by atoms with Gasteiger partial charge in [0, 0.05) is 12.2 Å². The second kappa shape index (κ2) is 7.11. The van der Waals surface area contributed by atoms with Gasteiger partial charge in [0.2, 0.25) is 0 Å². The normalized spacial score (nSPS) is 12.5. The molecule has 1 rings (SSSR count). The fraction of sp³-hybridized carbons (Fsp3) is 0.571. The molecule has 1 aromatic heterocycles. The largest absolute Gasteiger partial charge is 0.465 e. The lowest BCUT2D eigenvalue weighted by atomic mass is 10.2. The Morgan fingerprint density at radius 3 is 2.72 bits per heavy atom. The number of rotatable bonds is 6. The average Bonchev–Trinajstić information content (AvgIpc) is 2.30. The predicted molar refractivity (Wildman–Crippen MR) is 71.2 cm³/mol. The number of esters is 1. The molecule has 0 aliphatic rings. The summed E-state index contributed by atoms with van der Waals surface area (Å²) in [6, 6.07) is 5.72. The third-order valence-electron chi connectivity index (χ3n) is 2.83. The summed E-state index contributed by atoms with van der Waals surface area (Å²) in [5, 5.41) is 0. The molecule has 4 heteroatoms. The highest BCUT2D eigenvalue weighted by Crippen LogP contribution is 2.09. The molecule has 0 saturated carbocycles. The van der Waals surface area contributed by atoms with Gasteiger partial charge in [-0.15, -0.1) is 0 Å². The van der Waals surface area contributed by atoms with Crippen LogP contribution in [0.5, 0.6) is 0 Å². The number of aryl methyl sites for hydroxylation is 1. The van der Waals surface area contributed by atoms with Crippen molar-refractivity contribution in [3.8, 4) is 0 Å². The monoisotopic (exact) mass is 250 g/mol. The quantitative estimate of drug-likeness (QED) is 0.726. The van der Waals surface area contributed by atoms with Crippen molar-refractivity contribution >= 4 is 5.97 Å². The highest BCUT2D eigenvalue weighted by molar-refractivity contribution is 5.75. The zero-order valence-electron chi connectivity index (χ0n) is 11.6. The summed E-state index contributed by atoms with van der Waals surface area (Å²) >= 11 is 0. The third-order valence-corrected chi connectivity index (χ3v) is 2.83. The molecule has 0 aromatic carbocycles. The molecule has 0 aliphatic heterocycles. The van der Waals surface area contributed by atoms with E-state index in [0.29, 0.717) is 13.2 Å². The maximum absolute atomic E-state index is 11.8. The summed E-state index contributed by atoms with van der Waals surface area (Å²) in [5.41, 5.74) is 1.96. The maximum atomic E-state index is 11.8. The zero-order valence-corrected chi connectivity index (χ0v) is 11.6. The molecule has 0 fully saturated rings. The number of carbonyl (C=O) groups excluding carboxylic acids is 1. The average molecular weight is 250 g/mol. The van der Waals surface area contributed by atoms with E-state index in [-0.39, 0.29) is 12.0 Å². The van der Waals surface area contributed by atoms with Crippen LogP contribution >= 0.6 is 0 Å². The molecule has 0 amide bonds. The molecular weight excluding hydrogens is 228 g/mol. The van der Waals surface area contributed by atoms with Crippen molar-refractivity contribution in [2.45, 2.75) is 39.8 Å². The Labute approximate surface area is 109 Å². The molecule has 0 spiro atoms. The Bertz CT molecular complexity index is 393. The number of carbonyl (C=O) groups is 1. The molecular formula is C14H22N2O2. The smallest absolute Gasteiger partial charge is 0.323 e. The number of nitrogens with zero attached hydrogens (tertiary/aromatic N) is 2. The number of aromatic nitrogens is 1. The molecule has 1 aromatic rings. The van der Waals surface area contributed by atoms with E-state index >= 15 is 0 Å². The van der Waals surface area contributed by atoms with Gasteiger partial charge in [-0.25, -0.2) is 0 Å². The molecule has 4 nitrogen and oxygen atoms in total. The van der Waals surface area contributed by atoms with Gasteiger partial charge in [0.05, 0.1) is 12.3 Å². The van der Waals surface area contributed by atoms with Crippen LogP contribution in [0.2, 0.25) is 0 Å². The summed E-state index contributed by atoms with van der Waals surface area (Å²) < 4.78 is 5.08. The van der Waals surface area contributed by atoms with Crippen molar-refractivity contribution in [3.63, 3.8) is 0 Å². The third kappa shape index (κ3) is 4.11. The van der Waals surface area contributed by atoms with E-state index in [1.165, 1.54) is 0 Å². The first-order valence-electron chi connectivity index (χ1n) is 6.37. The Hall–Kier alpha value is -1.42. The van der Waals surface area contributed by atoms with Gasteiger partial charge in [0.1, 0.15) is 6.04 Å². The first-order valence-corrected chi connectivity index (χ1v) is 6.37. The summed E-state index contributed by atoms with van der Waals surface area (Å²) in [6.07, 6.45) is 0.737. The van der Waals surface area contributed by atoms with Gasteiger partial charge >= 0.3 is 5.97 Å². The van der Waals surface area contributed by atoms with E-state index in [2.05, 4.69) is 4.98 Å². The Morgan fingerprint density at radius 2 is 2.17 bits per heavy atom. The standard InChI is InChI=1S/C14H22N2O2/c1-5-13(14(17)18-6-2)16(4)10-12-9-7-8-11(3)15-12/h7-9,13H,5-6,10H2,1-4H3. The van der Waals surface area contributed by atoms with Crippen LogP contribution in [0.4, 0.5) is 0 Å². The van der Waals surface area contributed by atoms with Crippen LogP contribution < -0.4 is 0 Å². The van der Waals surface area contributed by atoms with E-state index in [9.17, 15) is 4.79 Å². The highest BCUT2D eigenvalue weighted by atomic mass is 16.5. The lowest BCUT2D eigenvalue weighted by Crippen LogP contribution is -2.39. The summed E-state index contributed by atoms with van der Waals surface area (Å²) in [5.74, 6) is -0.157. The lowest BCUT2D eigenvalue weighted by molar-refractivity contribution is -0.149. The van der Waals surface area contributed by atoms with Crippen molar-refractivity contribution in [1.29, 1.82) is 0 Å². The van der Waals surface area contributed by atoms with Crippen molar-refractivity contribution in [3.05, 3.63) is 29.6 Å². The molecule has 1 heterocycles. The molecule has 0 saturated heterocycles. The first-order chi connectivity index (χ1) is 8.58. The van der Waals surface area contributed by atoms with Crippen molar-refractivity contribution in [2.24, 2.45) is 0 Å². The second-order valence-electron chi connectivity index (χ2n) is 4.36. The van der Waals surface area contributed by atoms with Gasteiger partial charge in [-0.1, -0.05) is 13.0 Å². The van der Waals surface area contributed by atoms with E-state index in [1.807, 2.05) is 50.9 Å². The van der Waals surface area contributed by atoms with Gasteiger partial charge < -0.3 is 4.74 Å². The summed E-state index contributed by atoms with van der Waals surface area (Å²) in [7, 11) is 1.93. The van der Waals surface area contributed by atoms with Crippen LogP contribution in [0, 0.1) is 6.92 Å². The van der Waals surface area contributed by atoms with Crippen LogP contribution in [0.1, 0.15) is 31.7 Å². The molecule has 1 atom stereocenters. The maximum Gasteiger partial charge on any atom is 0.323 e. The predicted octanol–water partition coefficient (Wildman–Crippen LogP) is 2.16. The van der Waals surface area contributed by atoms with Crippen LogP contribution in [-0.4, -0.2) is 35.5 Å². The minimum atomic E-state index is -0.202. The van der Waals surface area contributed by atoms with Gasteiger partial charge in [0.25, 0.3) is 0 Å². The molecule has 0 aliphatic carbocycles. The molecule has 0 bridgehead atoms. The molecule has 18 heavy (non-hydrogen) atoms. The fourth-order valence-corrected chi connectivity index (χ4v) is 1.95. The number of hydrogen-bond donors (Lipinski definition) is 0. The van der Waals surface area contributed by atoms with Gasteiger partial charge in [-0.2, -0.15) is 0 Å². The lowest BCUT2D eigenvalue weighted by Gasteiger charge is -2.24. The minimum absolute atomic E-state index is 0.157. The second-order valence-corrected chi connectivity index (χ2v) is 4.36. The highest BCUT2D eigenvalue weighted by Gasteiger charge is 2.22. The van der Waals surface area contributed by atoms with Crippen LogP contribution in [0.25, 0.3) is 0 Å². The van der Waals surface area contributed by atoms with E-state index < -0.39 is 0 Å². The Morgan fingerprint density at radius 1 is 1.44 bits per heavy atom. The SMILES string of the molecule is CCOC(=O)C(CC)N(C)Cc1cccc(C)n1. The summed E-state index contributed by atoms with van der Waals surface area (Å²) in [6.45, 7) is 6.85. The molecule has 0 N–H and O–H groups in total. The summed E-state index contributed by atoms with van der Waals surface area (Å²) in [4.78, 5) is 18.2. The van der Waals surface area contributed by atoms with Crippen LogP contribution in [-0.2, 0) is 16.1 Å². The van der Waals surface area contributed by atoms with Crippen LogP contribution in [0.15, 0.2) is 18.2 Å². The molecule has 100 valence electrons. The van der Waals surface area contributed by atoms with E-state index in [1.54, 1.807) is 0 Å². The zero-order chi connectivity index (χ0) is 13.5. The first kappa shape index (κ1) is 14.6.